The van der Waals surface area contributed by atoms with Crippen molar-refractivity contribution in [3.63, 3.8) is 0 Å². The second kappa shape index (κ2) is 5.72. The molecule has 2 aliphatic rings. The van der Waals surface area contributed by atoms with Crippen LogP contribution < -0.4 is 10.5 Å². The molecule has 1 unspecified atom stereocenters. The Bertz CT molecular complexity index is 1020. The summed E-state index contributed by atoms with van der Waals surface area (Å²) < 4.78 is 18.8. The second-order valence-electron chi connectivity index (χ2n) is 6.25. The molecule has 130 valence electrons. The van der Waals surface area contributed by atoms with E-state index in [4.69, 9.17) is 9.92 Å². The number of hydrogen-bond donors (Lipinski definition) is 3. The van der Waals surface area contributed by atoms with Gasteiger partial charge in [0.25, 0.3) is 5.91 Å². The number of thiazole rings is 1. The van der Waals surface area contributed by atoms with Gasteiger partial charge in [0.2, 0.25) is 4.34 Å². The van der Waals surface area contributed by atoms with Crippen molar-refractivity contribution in [2.75, 3.05) is 5.32 Å². The van der Waals surface area contributed by atoms with Gasteiger partial charge in [-0.05, 0) is 48.4 Å². The number of benzene rings is 1. The van der Waals surface area contributed by atoms with Gasteiger partial charge in [-0.3, -0.25) is 9.59 Å². The fourth-order valence-electron chi connectivity index (χ4n) is 3.50. The largest absolute Gasteiger partial charge is 0.320 e. The molecule has 0 spiro atoms. The van der Waals surface area contributed by atoms with Gasteiger partial charge in [0.1, 0.15) is 5.69 Å². The lowest BCUT2D eigenvalue weighted by molar-refractivity contribution is 0.0991. The third-order valence-electron chi connectivity index (χ3n) is 4.62. The molecule has 0 aliphatic heterocycles. The third kappa shape index (κ3) is 2.78. The van der Waals surface area contributed by atoms with Crippen molar-refractivity contribution in [3.8, 4) is 0 Å². The van der Waals surface area contributed by atoms with Crippen LogP contribution >= 0.6 is 11.3 Å². The van der Waals surface area contributed by atoms with E-state index in [1.54, 1.807) is 0 Å². The first kappa shape index (κ1) is 16.4. The van der Waals surface area contributed by atoms with Crippen molar-refractivity contribution in [1.29, 1.82) is 4.78 Å². The molecule has 1 atom stereocenters. The summed E-state index contributed by atoms with van der Waals surface area (Å²) in [6.07, 6.45) is 3.88. The molecule has 25 heavy (non-hydrogen) atoms. The number of carbonyl (C=O) groups excluding carboxylic acids is 2. The summed E-state index contributed by atoms with van der Waals surface area (Å²) >= 11 is 0.933. The molecule has 0 bridgehead atoms. The van der Waals surface area contributed by atoms with Crippen LogP contribution in [0.2, 0.25) is 0 Å². The molecule has 2 aromatic rings. The summed E-state index contributed by atoms with van der Waals surface area (Å²) in [5.74, 6) is -0.318. The van der Waals surface area contributed by atoms with Gasteiger partial charge in [0, 0.05) is 23.1 Å². The van der Waals surface area contributed by atoms with E-state index in [1.807, 2.05) is 6.07 Å². The van der Waals surface area contributed by atoms with Crippen molar-refractivity contribution in [2.45, 2.75) is 36.4 Å². The summed E-state index contributed by atoms with van der Waals surface area (Å²) in [7, 11) is -3.43. The summed E-state index contributed by atoms with van der Waals surface area (Å²) in [5.41, 5.74) is 4.65. The number of fused-ring (bicyclic) bond motifs is 2. The summed E-state index contributed by atoms with van der Waals surface area (Å²) in [6, 6.07) is 1.98. The molecule has 9 heteroatoms. The molecule has 1 amide bonds. The van der Waals surface area contributed by atoms with Crippen molar-refractivity contribution < 1.29 is 13.8 Å². The number of aryl methyl sites for hydroxylation is 1. The highest BCUT2D eigenvalue weighted by atomic mass is 32.2. The highest BCUT2D eigenvalue weighted by molar-refractivity contribution is 7.92. The third-order valence-corrected chi connectivity index (χ3v) is 6.90. The van der Waals surface area contributed by atoms with Crippen molar-refractivity contribution >= 4 is 38.6 Å². The first-order valence-electron chi connectivity index (χ1n) is 7.89. The molecule has 0 radical (unpaired) electrons. The number of nitrogens with one attached hydrogen (secondary N) is 2. The predicted molar refractivity (Wildman–Crippen MR) is 94.5 cm³/mol. The fraction of sp³-hybridized carbons (Fsp3) is 0.312. The SMILES string of the molecule is N=S(N)(=O)c1nc(C(=O)Nc2c3c(cc4c2CCC4=O)CCC3)cs1. The van der Waals surface area contributed by atoms with E-state index in [9.17, 15) is 13.8 Å². The number of carbonyl (C=O) groups is 2. The van der Waals surface area contributed by atoms with Gasteiger partial charge in [-0.1, -0.05) is 0 Å². The molecule has 0 saturated heterocycles. The zero-order valence-electron chi connectivity index (χ0n) is 13.3. The van der Waals surface area contributed by atoms with E-state index >= 15 is 0 Å². The average molecular weight is 376 g/mol. The van der Waals surface area contributed by atoms with Crippen LogP contribution in [-0.4, -0.2) is 20.9 Å². The van der Waals surface area contributed by atoms with Crippen LogP contribution in [0.1, 0.15) is 50.4 Å². The van der Waals surface area contributed by atoms with Crippen LogP contribution in [0.4, 0.5) is 5.69 Å². The van der Waals surface area contributed by atoms with E-state index in [2.05, 4.69) is 10.3 Å². The lowest BCUT2D eigenvalue weighted by Gasteiger charge is -2.15. The maximum Gasteiger partial charge on any atom is 0.275 e. The summed E-state index contributed by atoms with van der Waals surface area (Å²) in [5, 5.41) is 9.61. The van der Waals surface area contributed by atoms with Crippen molar-refractivity contribution in [3.05, 3.63) is 39.4 Å². The van der Waals surface area contributed by atoms with Crippen LogP contribution in [-0.2, 0) is 29.2 Å². The van der Waals surface area contributed by atoms with E-state index in [0.717, 1.165) is 53.0 Å². The van der Waals surface area contributed by atoms with E-state index < -0.39 is 15.8 Å². The molecule has 1 aromatic heterocycles. The number of ketones is 1. The fourth-order valence-corrected chi connectivity index (χ4v) is 4.97. The summed E-state index contributed by atoms with van der Waals surface area (Å²) in [4.78, 5) is 28.6. The maximum atomic E-state index is 12.6. The lowest BCUT2D eigenvalue weighted by Crippen LogP contribution is -2.17. The van der Waals surface area contributed by atoms with Gasteiger partial charge >= 0.3 is 0 Å². The van der Waals surface area contributed by atoms with Gasteiger partial charge < -0.3 is 5.32 Å². The Morgan fingerprint density at radius 2 is 2.08 bits per heavy atom. The molecule has 4 rings (SSSR count). The minimum Gasteiger partial charge on any atom is -0.320 e. The van der Waals surface area contributed by atoms with Crippen LogP contribution in [0.3, 0.4) is 0 Å². The van der Waals surface area contributed by atoms with Crippen molar-refractivity contribution in [1.82, 2.24) is 4.98 Å². The van der Waals surface area contributed by atoms with E-state index in [1.165, 1.54) is 5.38 Å². The van der Waals surface area contributed by atoms with Gasteiger partial charge in [-0.25, -0.2) is 19.1 Å². The van der Waals surface area contributed by atoms with Crippen LogP contribution in [0.5, 0.6) is 0 Å². The topological polar surface area (TPSA) is 126 Å². The zero-order chi connectivity index (χ0) is 17.8. The van der Waals surface area contributed by atoms with Gasteiger partial charge in [0.05, 0.1) is 0 Å². The first-order chi connectivity index (χ1) is 11.8. The number of nitrogens with zero attached hydrogens (tertiary/aromatic N) is 1. The zero-order valence-corrected chi connectivity index (χ0v) is 14.9. The molecule has 0 fully saturated rings. The molecular weight excluding hydrogens is 360 g/mol. The molecular formula is C16H16N4O3S2. The van der Waals surface area contributed by atoms with Gasteiger partial charge in [-0.2, -0.15) is 0 Å². The average Bonchev–Trinajstić information content (AvgIpc) is 3.26. The Morgan fingerprint density at radius 1 is 1.28 bits per heavy atom. The monoisotopic (exact) mass is 376 g/mol. The van der Waals surface area contributed by atoms with Gasteiger partial charge in [-0.15, -0.1) is 11.3 Å². The Labute approximate surface area is 148 Å². The van der Waals surface area contributed by atoms with Crippen LogP contribution in [0.15, 0.2) is 15.8 Å². The Hall–Kier alpha value is -2.10. The Kier molecular flexibility index (Phi) is 3.75. The number of aromatic nitrogens is 1. The normalized spacial score (nSPS) is 17.9. The molecule has 2 aliphatic carbocycles. The Balaban J connectivity index is 1.72. The maximum absolute atomic E-state index is 12.6. The van der Waals surface area contributed by atoms with Crippen molar-refractivity contribution in [2.24, 2.45) is 5.14 Å². The molecule has 7 nitrogen and oxygen atoms in total. The number of hydrogen-bond acceptors (Lipinski definition) is 6. The first-order valence-corrected chi connectivity index (χ1v) is 10.4. The second-order valence-corrected chi connectivity index (χ2v) is 8.95. The van der Waals surface area contributed by atoms with Crippen LogP contribution in [0, 0.1) is 4.78 Å². The molecule has 1 heterocycles. The molecule has 4 N–H and O–H groups in total. The number of rotatable bonds is 3. The number of Topliss-reactive ketones (excluding diaryl/α,β-unsaturated/α-hetero) is 1. The highest BCUT2D eigenvalue weighted by Gasteiger charge is 2.29. The summed E-state index contributed by atoms with van der Waals surface area (Å²) in [6.45, 7) is 0. The van der Waals surface area contributed by atoms with E-state index in [-0.39, 0.29) is 15.8 Å². The highest BCUT2D eigenvalue weighted by Crippen LogP contribution is 2.38. The quantitative estimate of drug-likeness (QED) is 0.759. The standard InChI is InChI=1S/C16H16N4O3S2/c17-25(18,23)16-19-12(7-24-16)15(22)20-14-9-3-1-2-8(9)6-11-10(14)4-5-13(11)21/h6-7H,1-5H2,(H,20,22)(H3,17,18,23). The molecule has 1 aromatic carbocycles. The lowest BCUT2D eigenvalue weighted by atomic mass is 9.98. The minimum absolute atomic E-state index is 0.0728. The smallest absolute Gasteiger partial charge is 0.275 e. The number of amides is 1. The predicted octanol–water partition coefficient (Wildman–Crippen LogP) is 2.29. The Morgan fingerprint density at radius 3 is 2.80 bits per heavy atom. The number of anilines is 1. The van der Waals surface area contributed by atoms with E-state index in [0.29, 0.717) is 18.4 Å². The minimum atomic E-state index is -3.43. The molecule has 0 saturated carbocycles. The van der Waals surface area contributed by atoms with Crippen LogP contribution in [0.25, 0.3) is 0 Å². The van der Waals surface area contributed by atoms with Gasteiger partial charge in [0.15, 0.2) is 15.7 Å². The number of nitrogens with two attached hydrogens (primary N) is 1.